The Morgan fingerprint density at radius 3 is 2.15 bits per heavy atom. The van der Waals surface area contributed by atoms with Crippen LogP contribution in [0.2, 0.25) is 0 Å². The largest absolute Gasteiger partial charge is 0.416 e. The number of hydrogen-bond acceptors (Lipinski definition) is 3. The van der Waals surface area contributed by atoms with E-state index in [4.69, 9.17) is 0 Å². The Hall–Kier alpha value is -2.84. The number of nitrogens with one attached hydrogen (secondary N) is 1. The molecule has 1 heterocycles. The van der Waals surface area contributed by atoms with Crippen LogP contribution in [0.25, 0.3) is 0 Å². The molecule has 0 aliphatic heterocycles. The van der Waals surface area contributed by atoms with Crippen molar-refractivity contribution in [1.29, 1.82) is 0 Å². The summed E-state index contributed by atoms with van der Waals surface area (Å²) in [4.78, 5) is 27.1. The van der Waals surface area contributed by atoms with Crippen LogP contribution in [-0.2, 0) is 21.9 Å². The number of alkyl halides is 3. The van der Waals surface area contributed by atoms with E-state index in [-0.39, 0.29) is 17.5 Å². The van der Waals surface area contributed by atoms with Crippen molar-refractivity contribution in [2.45, 2.75) is 78.6 Å². The first kappa shape index (κ1) is 26.4. The minimum absolute atomic E-state index is 0.124. The van der Waals surface area contributed by atoms with Gasteiger partial charge in [-0.1, -0.05) is 26.8 Å². The van der Waals surface area contributed by atoms with Crippen LogP contribution in [0.15, 0.2) is 30.3 Å². The molecule has 0 aliphatic rings. The van der Waals surface area contributed by atoms with Gasteiger partial charge >= 0.3 is 6.18 Å². The van der Waals surface area contributed by atoms with Crippen LogP contribution in [0.1, 0.15) is 77.0 Å². The molecule has 1 N–H and O–H groups in total. The maximum atomic E-state index is 13.1. The first-order chi connectivity index (χ1) is 14.9. The fraction of sp³-hybridized carbons (Fsp3) is 0.542. The minimum Gasteiger partial charge on any atom is -0.327 e. The molecule has 0 spiro atoms. The first-order valence-electron chi connectivity index (χ1n) is 10.8. The molecule has 1 aromatic heterocycles. The van der Waals surface area contributed by atoms with Crippen LogP contribution in [0, 0.1) is 0 Å². The maximum absolute atomic E-state index is 13.1. The number of nitrogens with zero attached hydrogens (tertiary/aromatic N) is 3. The van der Waals surface area contributed by atoms with E-state index in [0.29, 0.717) is 5.82 Å². The Kier molecular flexibility index (Phi) is 7.36. The van der Waals surface area contributed by atoms with Gasteiger partial charge in [-0.25, -0.2) is 4.68 Å². The maximum Gasteiger partial charge on any atom is 0.416 e. The van der Waals surface area contributed by atoms with Gasteiger partial charge in [0, 0.05) is 23.1 Å². The Morgan fingerprint density at radius 1 is 1.06 bits per heavy atom. The van der Waals surface area contributed by atoms with E-state index < -0.39 is 35.1 Å². The lowest BCUT2D eigenvalue weighted by Gasteiger charge is -2.27. The van der Waals surface area contributed by atoms with E-state index in [1.807, 2.05) is 41.5 Å². The molecular formula is C24H33F3N4O2. The number of carbonyl (C=O) groups is 2. The van der Waals surface area contributed by atoms with Crippen molar-refractivity contribution < 1.29 is 22.8 Å². The summed E-state index contributed by atoms with van der Waals surface area (Å²) >= 11 is 0. The highest BCUT2D eigenvalue weighted by molar-refractivity contribution is 5.99. The monoisotopic (exact) mass is 466 g/mol. The molecule has 182 valence electrons. The van der Waals surface area contributed by atoms with Crippen LogP contribution < -0.4 is 5.32 Å². The molecule has 33 heavy (non-hydrogen) atoms. The molecular weight excluding hydrogens is 433 g/mol. The van der Waals surface area contributed by atoms with Gasteiger partial charge in [0.1, 0.15) is 12.4 Å². The summed E-state index contributed by atoms with van der Waals surface area (Å²) in [6, 6.07) is 5.61. The van der Waals surface area contributed by atoms with E-state index in [2.05, 4.69) is 10.4 Å². The lowest BCUT2D eigenvalue weighted by Crippen LogP contribution is -2.42. The van der Waals surface area contributed by atoms with Gasteiger partial charge in [0.15, 0.2) is 0 Å². The average molecular weight is 467 g/mol. The second-order valence-electron chi connectivity index (χ2n) is 10.4. The Bertz CT molecular complexity index is 1010. The Labute approximate surface area is 193 Å². The van der Waals surface area contributed by atoms with Crippen LogP contribution in [0.5, 0.6) is 0 Å². The topological polar surface area (TPSA) is 67.2 Å². The molecule has 0 saturated heterocycles. The summed E-state index contributed by atoms with van der Waals surface area (Å²) < 4.78 is 40.9. The van der Waals surface area contributed by atoms with E-state index in [1.54, 1.807) is 24.6 Å². The summed E-state index contributed by atoms with van der Waals surface area (Å²) in [6.07, 6.45) is -4.56. The molecule has 0 aliphatic carbocycles. The molecule has 2 rings (SSSR count). The zero-order valence-electron chi connectivity index (χ0n) is 20.5. The fourth-order valence-corrected chi connectivity index (χ4v) is 3.17. The molecule has 0 bridgehead atoms. The number of benzene rings is 1. The SMILES string of the molecule is CC(C)N(CC(=O)Nc1cc(C(C)(C)C)nn1C(C)(C)C)C(=O)c1cccc(C(F)(F)F)c1. The number of aromatic nitrogens is 2. The predicted molar refractivity (Wildman–Crippen MR) is 122 cm³/mol. The molecule has 0 radical (unpaired) electrons. The van der Waals surface area contributed by atoms with Gasteiger partial charge in [-0.15, -0.1) is 0 Å². The van der Waals surface area contributed by atoms with Crippen molar-refractivity contribution in [2.75, 3.05) is 11.9 Å². The molecule has 2 amide bonds. The van der Waals surface area contributed by atoms with Crippen LogP contribution >= 0.6 is 0 Å². The second kappa shape index (κ2) is 9.19. The molecule has 0 saturated carbocycles. The van der Waals surface area contributed by atoms with Gasteiger partial charge in [0.2, 0.25) is 5.91 Å². The highest BCUT2D eigenvalue weighted by Gasteiger charge is 2.32. The number of hydrogen-bond donors (Lipinski definition) is 1. The normalized spacial score (nSPS) is 12.7. The molecule has 6 nitrogen and oxygen atoms in total. The zero-order valence-corrected chi connectivity index (χ0v) is 20.5. The van der Waals surface area contributed by atoms with Crippen molar-refractivity contribution >= 4 is 17.6 Å². The number of carbonyl (C=O) groups excluding carboxylic acids is 2. The number of anilines is 1. The smallest absolute Gasteiger partial charge is 0.327 e. The average Bonchev–Trinajstić information content (AvgIpc) is 3.09. The number of halogens is 3. The Morgan fingerprint density at radius 2 is 1.67 bits per heavy atom. The minimum atomic E-state index is -4.56. The quantitative estimate of drug-likeness (QED) is 0.638. The van der Waals surface area contributed by atoms with Gasteiger partial charge in [-0.2, -0.15) is 18.3 Å². The summed E-state index contributed by atoms with van der Waals surface area (Å²) in [7, 11) is 0. The fourth-order valence-electron chi connectivity index (χ4n) is 3.17. The van der Waals surface area contributed by atoms with E-state index >= 15 is 0 Å². The second-order valence-corrected chi connectivity index (χ2v) is 10.4. The molecule has 0 unspecified atom stereocenters. The van der Waals surface area contributed by atoms with E-state index in [0.717, 1.165) is 17.8 Å². The highest BCUT2D eigenvalue weighted by Crippen LogP contribution is 2.30. The molecule has 2 aromatic rings. The predicted octanol–water partition coefficient (Wildman–Crippen LogP) is 5.44. The van der Waals surface area contributed by atoms with E-state index in [9.17, 15) is 22.8 Å². The summed E-state index contributed by atoms with van der Waals surface area (Å²) in [5.74, 6) is -0.617. The first-order valence-corrected chi connectivity index (χ1v) is 10.8. The van der Waals surface area contributed by atoms with E-state index in [1.165, 1.54) is 17.0 Å². The van der Waals surface area contributed by atoms with Gasteiger partial charge in [0.05, 0.1) is 16.8 Å². The Balaban J connectivity index is 2.29. The molecule has 1 aromatic carbocycles. The third kappa shape index (κ3) is 6.58. The summed E-state index contributed by atoms with van der Waals surface area (Å²) in [5, 5.41) is 7.47. The lowest BCUT2D eigenvalue weighted by molar-refractivity contribution is -0.137. The molecule has 0 atom stereocenters. The van der Waals surface area contributed by atoms with Crippen molar-refractivity contribution in [2.24, 2.45) is 0 Å². The van der Waals surface area contributed by atoms with Crippen molar-refractivity contribution in [3.05, 3.63) is 47.2 Å². The van der Waals surface area contributed by atoms with Crippen LogP contribution in [0.4, 0.5) is 19.0 Å². The van der Waals surface area contributed by atoms with Gasteiger partial charge in [-0.3, -0.25) is 9.59 Å². The van der Waals surface area contributed by atoms with Crippen molar-refractivity contribution in [3.63, 3.8) is 0 Å². The van der Waals surface area contributed by atoms with Crippen LogP contribution in [0.3, 0.4) is 0 Å². The highest BCUT2D eigenvalue weighted by atomic mass is 19.4. The van der Waals surface area contributed by atoms with Gasteiger partial charge in [-0.05, 0) is 52.8 Å². The third-order valence-electron chi connectivity index (χ3n) is 5.02. The summed E-state index contributed by atoms with van der Waals surface area (Å²) in [6.45, 7) is 15.0. The standard InChI is InChI=1S/C24H33F3N4O2/c1-15(2)30(21(33)16-10-9-11-17(12-16)24(25,26)27)14-20(32)28-19-13-18(22(3,4)5)29-31(19)23(6,7)8/h9-13,15H,14H2,1-8H3,(H,28,32). The van der Waals surface area contributed by atoms with Crippen molar-refractivity contribution in [3.8, 4) is 0 Å². The van der Waals surface area contributed by atoms with Crippen LogP contribution in [-0.4, -0.2) is 39.1 Å². The lowest BCUT2D eigenvalue weighted by atomic mass is 9.92. The van der Waals surface area contributed by atoms with Crippen molar-refractivity contribution in [1.82, 2.24) is 14.7 Å². The van der Waals surface area contributed by atoms with Gasteiger partial charge in [0.25, 0.3) is 5.91 Å². The number of rotatable bonds is 5. The van der Waals surface area contributed by atoms with Gasteiger partial charge < -0.3 is 10.2 Å². The third-order valence-corrected chi connectivity index (χ3v) is 5.02. The zero-order chi connectivity index (χ0) is 25.4. The summed E-state index contributed by atoms with van der Waals surface area (Å²) in [5.41, 5.74) is -0.878. The molecule has 9 heteroatoms. The number of amides is 2. The molecule has 0 fully saturated rings.